The van der Waals surface area contributed by atoms with E-state index in [1.165, 1.54) is 11.1 Å². The maximum Gasteiger partial charge on any atom is 0.118 e. The predicted octanol–water partition coefficient (Wildman–Crippen LogP) is 6.80. The zero-order chi connectivity index (χ0) is 22.9. The number of nitrogens with zero attached hydrogens (tertiary/aromatic N) is 2. The molecule has 0 N–H and O–H groups in total. The minimum atomic E-state index is 0.841. The highest BCUT2D eigenvalue weighted by molar-refractivity contribution is 5.82. The zero-order valence-corrected chi connectivity index (χ0v) is 18.8. The average molecular weight is 435 g/mol. The van der Waals surface area contributed by atoms with Crippen molar-refractivity contribution in [3.8, 4) is 11.5 Å². The first-order valence-electron chi connectivity index (χ1n) is 10.8. The van der Waals surface area contributed by atoms with E-state index in [-0.39, 0.29) is 0 Å². The quantitative estimate of drug-likeness (QED) is 0.286. The molecule has 4 nitrogen and oxygen atoms in total. The molecular weight excluding hydrogens is 408 g/mol. The van der Waals surface area contributed by atoms with Crippen molar-refractivity contribution in [2.45, 2.75) is 6.42 Å². The molecule has 0 aliphatic heterocycles. The van der Waals surface area contributed by atoms with Gasteiger partial charge in [-0.15, -0.1) is 0 Å². The lowest BCUT2D eigenvalue weighted by Gasteiger charge is -2.04. The fraction of sp³-hybridized carbons (Fsp3) is 0.103. The number of aliphatic imine (C=N–C) groups is 2. The Morgan fingerprint density at radius 2 is 0.879 bits per heavy atom. The van der Waals surface area contributed by atoms with Crippen molar-refractivity contribution in [2.75, 3.05) is 14.2 Å². The third-order valence-corrected chi connectivity index (χ3v) is 5.24. The summed E-state index contributed by atoms with van der Waals surface area (Å²) in [5.74, 6) is 1.68. The maximum absolute atomic E-state index is 5.18. The Labute approximate surface area is 194 Å². The Bertz CT molecular complexity index is 1110. The van der Waals surface area contributed by atoms with Crippen LogP contribution in [0.25, 0.3) is 0 Å². The van der Waals surface area contributed by atoms with Gasteiger partial charge in [-0.2, -0.15) is 0 Å². The van der Waals surface area contributed by atoms with Crippen LogP contribution in [0.5, 0.6) is 11.5 Å². The van der Waals surface area contributed by atoms with Crippen molar-refractivity contribution in [2.24, 2.45) is 9.98 Å². The van der Waals surface area contributed by atoms with Crippen molar-refractivity contribution < 1.29 is 9.47 Å². The standard InChI is InChI=1S/C29H26N2O2/c1-32-28-15-7-24(8-16-28)20-30-26-11-3-22(4-12-26)19-23-5-13-27(14-6-23)31-21-25-9-17-29(33-2)18-10-25/h3-18,20-21H,19H2,1-2H3. The second-order valence-electron chi connectivity index (χ2n) is 7.57. The number of ether oxygens (including phenoxy) is 2. The van der Waals surface area contributed by atoms with Gasteiger partial charge in [-0.25, -0.2) is 0 Å². The molecule has 0 bridgehead atoms. The molecule has 0 atom stereocenters. The van der Waals surface area contributed by atoms with E-state index in [0.29, 0.717) is 0 Å². The first-order chi connectivity index (χ1) is 16.2. The van der Waals surface area contributed by atoms with E-state index >= 15 is 0 Å². The summed E-state index contributed by atoms with van der Waals surface area (Å²) in [7, 11) is 3.33. The molecule has 33 heavy (non-hydrogen) atoms. The normalized spacial score (nSPS) is 11.2. The van der Waals surface area contributed by atoms with Crippen molar-refractivity contribution in [1.29, 1.82) is 0 Å². The Kier molecular flexibility index (Phi) is 7.29. The van der Waals surface area contributed by atoms with Crippen molar-refractivity contribution in [3.63, 3.8) is 0 Å². The molecule has 0 saturated carbocycles. The predicted molar refractivity (Wildman–Crippen MR) is 136 cm³/mol. The average Bonchev–Trinajstić information content (AvgIpc) is 2.88. The van der Waals surface area contributed by atoms with Crippen LogP contribution in [0.1, 0.15) is 22.3 Å². The molecular formula is C29H26N2O2. The van der Waals surface area contributed by atoms with Gasteiger partial charge in [-0.05, 0) is 101 Å². The van der Waals surface area contributed by atoms with Gasteiger partial charge in [-0.1, -0.05) is 24.3 Å². The lowest BCUT2D eigenvalue weighted by atomic mass is 10.0. The molecule has 0 unspecified atom stereocenters. The van der Waals surface area contributed by atoms with E-state index in [1.807, 2.05) is 85.2 Å². The molecule has 4 aromatic carbocycles. The van der Waals surface area contributed by atoms with Crippen LogP contribution in [-0.2, 0) is 6.42 Å². The molecule has 4 heteroatoms. The first kappa shape index (κ1) is 22.0. The van der Waals surface area contributed by atoms with Gasteiger partial charge in [0.05, 0.1) is 25.6 Å². The molecule has 164 valence electrons. The second-order valence-corrected chi connectivity index (χ2v) is 7.57. The van der Waals surface area contributed by atoms with Crippen LogP contribution in [0.4, 0.5) is 11.4 Å². The van der Waals surface area contributed by atoms with Crippen LogP contribution in [0.3, 0.4) is 0 Å². The summed E-state index contributed by atoms with van der Waals surface area (Å²) in [6, 6.07) is 32.3. The number of hydrogen-bond donors (Lipinski definition) is 0. The van der Waals surface area contributed by atoms with Gasteiger partial charge >= 0.3 is 0 Å². The molecule has 0 aliphatic carbocycles. The highest BCUT2D eigenvalue weighted by Gasteiger charge is 1.99. The lowest BCUT2D eigenvalue weighted by Crippen LogP contribution is -1.87. The maximum atomic E-state index is 5.18. The minimum absolute atomic E-state index is 0.841. The minimum Gasteiger partial charge on any atom is -0.497 e. The molecule has 4 rings (SSSR count). The monoisotopic (exact) mass is 434 g/mol. The molecule has 0 fully saturated rings. The fourth-order valence-corrected chi connectivity index (χ4v) is 3.31. The van der Waals surface area contributed by atoms with Crippen LogP contribution < -0.4 is 9.47 Å². The highest BCUT2D eigenvalue weighted by atomic mass is 16.5. The number of benzene rings is 4. The lowest BCUT2D eigenvalue weighted by molar-refractivity contribution is 0.414. The van der Waals surface area contributed by atoms with Crippen LogP contribution >= 0.6 is 0 Å². The topological polar surface area (TPSA) is 43.2 Å². The SMILES string of the molecule is COc1ccc(C=Nc2ccc(Cc3ccc(N=Cc4ccc(OC)cc4)cc3)cc2)cc1. The van der Waals surface area contributed by atoms with Gasteiger partial charge in [0.2, 0.25) is 0 Å². The van der Waals surface area contributed by atoms with E-state index in [2.05, 4.69) is 34.3 Å². The summed E-state index contributed by atoms with van der Waals surface area (Å²) >= 11 is 0. The summed E-state index contributed by atoms with van der Waals surface area (Å²) in [4.78, 5) is 9.12. The molecule has 4 aromatic rings. The Morgan fingerprint density at radius 1 is 0.515 bits per heavy atom. The molecule has 0 aliphatic rings. The molecule has 0 radical (unpaired) electrons. The van der Waals surface area contributed by atoms with Gasteiger partial charge in [-0.3, -0.25) is 9.98 Å². The van der Waals surface area contributed by atoms with Gasteiger partial charge in [0.1, 0.15) is 11.5 Å². The Hall–Kier alpha value is -4.18. The van der Waals surface area contributed by atoms with Crippen molar-refractivity contribution >= 4 is 23.8 Å². The van der Waals surface area contributed by atoms with E-state index in [0.717, 1.165) is 40.4 Å². The number of rotatable bonds is 8. The van der Waals surface area contributed by atoms with Crippen LogP contribution in [0.2, 0.25) is 0 Å². The third kappa shape index (κ3) is 6.40. The fourth-order valence-electron chi connectivity index (χ4n) is 3.31. The van der Waals surface area contributed by atoms with Crippen LogP contribution in [-0.4, -0.2) is 26.6 Å². The van der Waals surface area contributed by atoms with Crippen molar-refractivity contribution in [3.05, 3.63) is 119 Å². The Balaban J connectivity index is 1.33. The van der Waals surface area contributed by atoms with E-state index in [9.17, 15) is 0 Å². The third-order valence-electron chi connectivity index (χ3n) is 5.24. The second kappa shape index (κ2) is 10.9. The Morgan fingerprint density at radius 3 is 1.21 bits per heavy atom. The van der Waals surface area contributed by atoms with Crippen LogP contribution in [0, 0.1) is 0 Å². The summed E-state index contributed by atoms with van der Waals surface area (Å²) in [6.45, 7) is 0. The number of hydrogen-bond acceptors (Lipinski definition) is 4. The smallest absolute Gasteiger partial charge is 0.118 e. The largest absolute Gasteiger partial charge is 0.497 e. The molecule has 0 aromatic heterocycles. The van der Waals surface area contributed by atoms with E-state index in [1.54, 1.807) is 14.2 Å². The number of methoxy groups -OCH3 is 2. The molecule has 0 saturated heterocycles. The summed E-state index contributed by atoms with van der Waals surface area (Å²) in [5, 5.41) is 0. The van der Waals surface area contributed by atoms with Gasteiger partial charge in [0.25, 0.3) is 0 Å². The zero-order valence-electron chi connectivity index (χ0n) is 18.8. The van der Waals surface area contributed by atoms with Crippen molar-refractivity contribution in [1.82, 2.24) is 0 Å². The van der Waals surface area contributed by atoms with Crippen LogP contribution in [0.15, 0.2) is 107 Å². The van der Waals surface area contributed by atoms with Gasteiger partial charge < -0.3 is 9.47 Å². The van der Waals surface area contributed by atoms with Gasteiger partial charge in [0, 0.05) is 12.4 Å². The molecule has 0 spiro atoms. The van der Waals surface area contributed by atoms with E-state index in [4.69, 9.17) is 9.47 Å². The van der Waals surface area contributed by atoms with Gasteiger partial charge in [0.15, 0.2) is 0 Å². The molecule has 0 heterocycles. The molecule has 0 amide bonds. The summed E-state index contributed by atoms with van der Waals surface area (Å²) in [6.07, 6.45) is 4.59. The first-order valence-corrected chi connectivity index (χ1v) is 10.8. The summed E-state index contributed by atoms with van der Waals surface area (Å²) in [5.41, 5.74) is 6.42. The summed E-state index contributed by atoms with van der Waals surface area (Å²) < 4.78 is 10.4. The highest BCUT2D eigenvalue weighted by Crippen LogP contribution is 2.19. The van der Waals surface area contributed by atoms with E-state index < -0.39 is 0 Å².